The number of rotatable bonds is 10. The molecule has 9 nitrogen and oxygen atoms in total. The summed E-state index contributed by atoms with van der Waals surface area (Å²) in [6.07, 6.45) is 3.51. The lowest BCUT2D eigenvalue weighted by Crippen LogP contribution is -2.27. The van der Waals surface area contributed by atoms with Crippen molar-refractivity contribution in [2.24, 2.45) is 0 Å². The fourth-order valence-electron chi connectivity index (χ4n) is 3.76. The average Bonchev–Trinajstić information content (AvgIpc) is 3.42. The molecule has 34 heavy (non-hydrogen) atoms. The van der Waals surface area contributed by atoms with Gasteiger partial charge in [0.2, 0.25) is 0 Å². The standard InChI is InChI=1S/C25H27N7O2/c1-3-5-16-32(24-22(14-15-26-29-24)25(33)34-4-2)17-18-10-12-19(13-11-18)20-8-6-7-9-21(20)23-27-30-31-28-23/h6-15H,3-5,16-17H2,1-2H3,(H,27,28,30,31). The van der Waals surface area contributed by atoms with E-state index in [2.05, 4.69) is 66.9 Å². The number of hydrogen-bond donors (Lipinski definition) is 1. The predicted octanol–water partition coefficient (Wildman–Crippen LogP) is 4.31. The minimum atomic E-state index is -0.386. The second kappa shape index (κ2) is 11.1. The number of aromatic amines is 1. The van der Waals surface area contributed by atoms with Crippen LogP contribution in [0.5, 0.6) is 0 Å². The van der Waals surface area contributed by atoms with Crippen LogP contribution in [-0.2, 0) is 11.3 Å². The highest BCUT2D eigenvalue weighted by Crippen LogP contribution is 2.30. The number of unbranched alkanes of at least 4 members (excludes halogenated alkanes) is 1. The van der Waals surface area contributed by atoms with Crippen LogP contribution in [0.2, 0.25) is 0 Å². The molecule has 2 heterocycles. The van der Waals surface area contributed by atoms with Gasteiger partial charge < -0.3 is 9.64 Å². The van der Waals surface area contributed by atoms with Crippen molar-refractivity contribution >= 4 is 11.8 Å². The second-order valence-corrected chi connectivity index (χ2v) is 7.76. The molecule has 0 spiro atoms. The van der Waals surface area contributed by atoms with Crippen molar-refractivity contribution in [1.29, 1.82) is 0 Å². The van der Waals surface area contributed by atoms with Crippen molar-refractivity contribution < 1.29 is 9.53 Å². The van der Waals surface area contributed by atoms with Gasteiger partial charge in [0.1, 0.15) is 5.56 Å². The zero-order valence-electron chi connectivity index (χ0n) is 19.3. The number of ether oxygens (including phenoxy) is 1. The summed E-state index contributed by atoms with van der Waals surface area (Å²) < 4.78 is 5.23. The van der Waals surface area contributed by atoms with Crippen LogP contribution in [0.1, 0.15) is 42.6 Å². The van der Waals surface area contributed by atoms with Gasteiger partial charge >= 0.3 is 5.97 Å². The fraction of sp³-hybridized carbons (Fsp3) is 0.280. The van der Waals surface area contributed by atoms with Gasteiger partial charge in [-0.15, -0.1) is 10.2 Å². The van der Waals surface area contributed by atoms with Crippen LogP contribution >= 0.6 is 0 Å². The van der Waals surface area contributed by atoms with E-state index in [9.17, 15) is 4.79 Å². The Morgan fingerprint density at radius 2 is 1.79 bits per heavy atom. The molecule has 0 aliphatic heterocycles. The number of benzene rings is 2. The Bertz CT molecular complexity index is 1210. The quantitative estimate of drug-likeness (QED) is 0.351. The largest absolute Gasteiger partial charge is 0.462 e. The van der Waals surface area contributed by atoms with Gasteiger partial charge in [0.05, 0.1) is 12.8 Å². The van der Waals surface area contributed by atoms with E-state index in [1.165, 1.54) is 6.20 Å². The van der Waals surface area contributed by atoms with Crippen LogP contribution < -0.4 is 4.90 Å². The van der Waals surface area contributed by atoms with E-state index in [1.54, 1.807) is 13.0 Å². The summed E-state index contributed by atoms with van der Waals surface area (Å²) in [4.78, 5) is 14.6. The molecule has 9 heteroatoms. The van der Waals surface area contributed by atoms with Crippen LogP contribution in [0.25, 0.3) is 22.5 Å². The monoisotopic (exact) mass is 457 g/mol. The Morgan fingerprint density at radius 3 is 2.50 bits per heavy atom. The van der Waals surface area contributed by atoms with Crippen LogP contribution in [0.4, 0.5) is 5.82 Å². The summed E-state index contributed by atoms with van der Waals surface area (Å²) in [5.41, 5.74) is 4.55. The van der Waals surface area contributed by atoms with Crippen molar-refractivity contribution in [2.45, 2.75) is 33.2 Å². The lowest BCUT2D eigenvalue weighted by atomic mass is 9.98. The van der Waals surface area contributed by atoms with Crippen LogP contribution in [0, 0.1) is 0 Å². The lowest BCUT2D eigenvalue weighted by Gasteiger charge is -2.25. The topological polar surface area (TPSA) is 110 Å². The number of carbonyl (C=O) groups excluding carboxylic acids is 1. The normalized spacial score (nSPS) is 10.8. The summed E-state index contributed by atoms with van der Waals surface area (Å²) in [7, 11) is 0. The first-order chi connectivity index (χ1) is 16.7. The van der Waals surface area contributed by atoms with E-state index < -0.39 is 0 Å². The molecule has 0 fully saturated rings. The van der Waals surface area contributed by atoms with Gasteiger partial charge in [-0.3, -0.25) is 0 Å². The van der Waals surface area contributed by atoms with E-state index in [0.717, 1.165) is 41.6 Å². The Kier molecular flexibility index (Phi) is 7.54. The maximum Gasteiger partial charge on any atom is 0.342 e. The Balaban J connectivity index is 1.60. The highest BCUT2D eigenvalue weighted by molar-refractivity contribution is 5.94. The molecule has 0 saturated heterocycles. The third-order valence-corrected chi connectivity index (χ3v) is 5.44. The number of nitrogens with zero attached hydrogens (tertiary/aromatic N) is 6. The van der Waals surface area contributed by atoms with E-state index in [0.29, 0.717) is 30.4 Å². The molecule has 0 atom stereocenters. The highest BCUT2D eigenvalue weighted by atomic mass is 16.5. The molecule has 4 aromatic rings. The van der Waals surface area contributed by atoms with Crippen molar-refractivity contribution in [3.63, 3.8) is 0 Å². The number of esters is 1. The molecule has 0 aliphatic rings. The number of anilines is 1. The number of H-pyrrole nitrogens is 1. The van der Waals surface area contributed by atoms with E-state index in [1.807, 2.05) is 24.3 Å². The summed E-state index contributed by atoms with van der Waals surface area (Å²) in [6, 6.07) is 18.0. The fourth-order valence-corrected chi connectivity index (χ4v) is 3.76. The molecule has 4 rings (SSSR count). The molecule has 1 N–H and O–H groups in total. The summed E-state index contributed by atoms with van der Waals surface area (Å²) in [5.74, 6) is 0.781. The SMILES string of the molecule is CCCCN(Cc1ccc(-c2ccccc2-c2nnn[nH]2)cc1)c1nnccc1C(=O)OCC. The summed E-state index contributed by atoms with van der Waals surface area (Å²) in [6.45, 7) is 5.59. The van der Waals surface area contributed by atoms with Gasteiger partial charge in [0.25, 0.3) is 0 Å². The van der Waals surface area contributed by atoms with Gasteiger partial charge in [-0.1, -0.05) is 61.9 Å². The van der Waals surface area contributed by atoms with Gasteiger partial charge in [0.15, 0.2) is 11.6 Å². The number of nitrogens with one attached hydrogen (secondary N) is 1. The van der Waals surface area contributed by atoms with Crippen molar-refractivity contribution in [1.82, 2.24) is 30.8 Å². The minimum absolute atomic E-state index is 0.308. The van der Waals surface area contributed by atoms with Gasteiger partial charge in [-0.25, -0.2) is 9.89 Å². The third-order valence-electron chi connectivity index (χ3n) is 5.44. The van der Waals surface area contributed by atoms with Gasteiger partial charge in [-0.2, -0.15) is 5.10 Å². The number of hydrogen-bond acceptors (Lipinski definition) is 8. The molecule has 174 valence electrons. The molecule has 0 aliphatic carbocycles. The molecule has 0 bridgehead atoms. The maximum absolute atomic E-state index is 12.5. The second-order valence-electron chi connectivity index (χ2n) is 7.76. The first-order valence-corrected chi connectivity index (χ1v) is 11.4. The summed E-state index contributed by atoms with van der Waals surface area (Å²) >= 11 is 0. The van der Waals surface area contributed by atoms with Crippen LogP contribution in [0.15, 0.2) is 60.8 Å². The first kappa shape index (κ1) is 23.0. The van der Waals surface area contributed by atoms with E-state index in [-0.39, 0.29) is 5.97 Å². The van der Waals surface area contributed by atoms with Crippen LogP contribution in [0.3, 0.4) is 0 Å². The number of aromatic nitrogens is 6. The first-order valence-electron chi connectivity index (χ1n) is 11.4. The molecule has 0 unspecified atom stereocenters. The molecule has 0 saturated carbocycles. The molecule has 0 radical (unpaired) electrons. The maximum atomic E-state index is 12.5. The smallest absolute Gasteiger partial charge is 0.342 e. The highest BCUT2D eigenvalue weighted by Gasteiger charge is 2.20. The zero-order valence-corrected chi connectivity index (χ0v) is 19.3. The Morgan fingerprint density at radius 1 is 1.00 bits per heavy atom. The summed E-state index contributed by atoms with van der Waals surface area (Å²) in [5, 5.41) is 22.6. The molecule has 0 amide bonds. The van der Waals surface area contributed by atoms with E-state index >= 15 is 0 Å². The number of tetrazole rings is 1. The van der Waals surface area contributed by atoms with Gasteiger partial charge in [-0.05, 0) is 46.5 Å². The van der Waals surface area contributed by atoms with Crippen molar-refractivity contribution in [3.8, 4) is 22.5 Å². The Labute approximate surface area is 198 Å². The molecule has 2 aromatic heterocycles. The lowest BCUT2D eigenvalue weighted by molar-refractivity contribution is 0.0526. The zero-order chi connectivity index (χ0) is 23.8. The Hall–Kier alpha value is -4.14. The molecular formula is C25H27N7O2. The van der Waals surface area contributed by atoms with Crippen molar-refractivity contribution in [3.05, 3.63) is 71.9 Å². The third kappa shape index (κ3) is 5.25. The predicted molar refractivity (Wildman–Crippen MR) is 129 cm³/mol. The molecule has 2 aromatic carbocycles. The van der Waals surface area contributed by atoms with Gasteiger partial charge in [0, 0.05) is 18.7 Å². The molecular weight excluding hydrogens is 430 g/mol. The number of carbonyl (C=O) groups is 1. The minimum Gasteiger partial charge on any atom is -0.462 e. The average molecular weight is 458 g/mol. The van der Waals surface area contributed by atoms with Crippen molar-refractivity contribution in [2.75, 3.05) is 18.1 Å². The van der Waals surface area contributed by atoms with E-state index in [4.69, 9.17) is 4.74 Å². The van der Waals surface area contributed by atoms with Crippen LogP contribution in [-0.4, -0.2) is 49.9 Å².